The largest absolute Gasteiger partial charge is 0.378 e. The van der Waals surface area contributed by atoms with Crippen LogP contribution in [0.15, 0.2) is 24.4 Å². The van der Waals surface area contributed by atoms with Crippen LogP contribution in [0.5, 0.6) is 0 Å². The lowest BCUT2D eigenvalue weighted by Gasteiger charge is -2.25. The van der Waals surface area contributed by atoms with Crippen molar-refractivity contribution in [1.82, 2.24) is 15.1 Å². The monoisotopic (exact) mass is 327 g/mol. The third kappa shape index (κ3) is 4.25. The van der Waals surface area contributed by atoms with E-state index in [1.165, 1.54) is 41.5 Å². The molecule has 0 radical (unpaired) electrons. The van der Waals surface area contributed by atoms with Gasteiger partial charge in [-0.15, -0.1) is 0 Å². The van der Waals surface area contributed by atoms with E-state index in [-0.39, 0.29) is 0 Å². The Morgan fingerprint density at radius 3 is 2.88 bits per heavy atom. The Morgan fingerprint density at radius 1 is 1.25 bits per heavy atom. The number of H-pyrrole nitrogens is 1. The van der Waals surface area contributed by atoms with Crippen LogP contribution in [-0.2, 0) is 11.3 Å². The molecule has 3 rings (SSSR count). The van der Waals surface area contributed by atoms with Gasteiger partial charge in [0.1, 0.15) is 0 Å². The van der Waals surface area contributed by atoms with Crippen molar-refractivity contribution in [2.45, 2.75) is 52.2 Å². The maximum atomic E-state index is 5.84. The van der Waals surface area contributed by atoms with E-state index < -0.39 is 0 Å². The van der Waals surface area contributed by atoms with Crippen molar-refractivity contribution in [1.29, 1.82) is 0 Å². The Hall–Kier alpha value is -1.65. The highest BCUT2D eigenvalue weighted by molar-refractivity contribution is 5.64. The van der Waals surface area contributed by atoms with Gasteiger partial charge in [0.2, 0.25) is 0 Å². The number of ether oxygens (including phenoxy) is 1. The third-order valence-corrected chi connectivity index (χ3v) is 5.06. The Morgan fingerprint density at radius 2 is 2.12 bits per heavy atom. The van der Waals surface area contributed by atoms with Gasteiger partial charge in [-0.05, 0) is 63.8 Å². The minimum atomic E-state index is 0.449. The second-order valence-corrected chi connectivity index (χ2v) is 7.08. The number of nitrogens with one attached hydrogen (secondary N) is 1. The van der Waals surface area contributed by atoms with Crippen molar-refractivity contribution in [2.24, 2.45) is 0 Å². The molecule has 1 atom stereocenters. The highest BCUT2D eigenvalue weighted by Crippen LogP contribution is 2.24. The Balaban J connectivity index is 1.61. The number of aryl methyl sites for hydroxylation is 2. The molecule has 2 aromatic rings. The topological polar surface area (TPSA) is 41.2 Å². The van der Waals surface area contributed by atoms with Crippen LogP contribution in [0.4, 0.5) is 0 Å². The summed E-state index contributed by atoms with van der Waals surface area (Å²) < 4.78 is 5.84. The molecule has 0 saturated carbocycles. The average molecular weight is 327 g/mol. The molecule has 0 amide bonds. The summed E-state index contributed by atoms with van der Waals surface area (Å²) in [7, 11) is 2.18. The Bertz CT molecular complexity index is 659. The smallest absolute Gasteiger partial charge is 0.0695 e. The van der Waals surface area contributed by atoms with E-state index in [2.05, 4.69) is 54.2 Å². The molecule has 1 saturated heterocycles. The predicted molar refractivity (Wildman–Crippen MR) is 98.0 cm³/mol. The first-order chi connectivity index (χ1) is 11.6. The van der Waals surface area contributed by atoms with Gasteiger partial charge in [0.15, 0.2) is 0 Å². The minimum absolute atomic E-state index is 0.449. The molecule has 1 aromatic carbocycles. The highest BCUT2D eigenvalue weighted by Gasteiger charge is 2.15. The Labute approximate surface area is 145 Å². The molecule has 4 heteroatoms. The van der Waals surface area contributed by atoms with Crippen LogP contribution >= 0.6 is 0 Å². The lowest BCUT2D eigenvalue weighted by atomic mass is 10.0. The fraction of sp³-hybridized carbons (Fsp3) is 0.550. The summed E-state index contributed by atoms with van der Waals surface area (Å²) in [5.74, 6) is 0. The number of rotatable bonds is 6. The van der Waals surface area contributed by atoms with Crippen molar-refractivity contribution in [3.63, 3.8) is 0 Å². The SMILES string of the molecule is Cc1ccc(-c2[nH]ncc2CN(C)CC[C@H]2CCCCO2)cc1C. The molecule has 4 nitrogen and oxygen atoms in total. The normalized spacial score (nSPS) is 18.2. The molecular formula is C20H29N3O. The summed E-state index contributed by atoms with van der Waals surface area (Å²) in [4.78, 5) is 2.37. The van der Waals surface area contributed by atoms with Gasteiger partial charge in [0.05, 0.1) is 18.0 Å². The molecule has 1 aromatic heterocycles. The van der Waals surface area contributed by atoms with Gasteiger partial charge in [0.25, 0.3) is 0 Å². The molecule has 0 spiro atoms. The van der Waals surface area contributed by atoms with Crippen molar-refractivity contribution < 1.29 is 4.74 Å². The fourth-order valence-electron chi connectivity index (χ4n) is 3.35. The molecule has 1 aliphatic heterocycles. The van der Waals surface area contributed by atoms with E-state index in [1.54, 1.807) is 0 Å². The van der Waals surface area contributed by atoms with Crippen molar-refractivity contribution in [3.05, 3.63) is 41.1 Å². The summed E-state index contributed by atoms with van der Waals surface area (Å²) in [6, 6.07) is 6.59. The predicted octanol–water partition coefficient (Wildman–Crippen LogP) is 4.08. The highest BCUT2D eigenvalue weighted by atomic mass is 16.5. The van der Waals surface area contributed by atoms with Gasteiger partial charge in [-0.2, -0.15) is 5.10 Å². The van der Waals surface area contributed by atoms with E-state index in [4.69, 9.17) is 4.74 Å². The zero-order valence-corrected chi connectivity index (χ0v) is 15.1. The summed E-state index contributed by atoms with van der Waals surface area (Å²) in [6.07, 6.45) is 7.27. The first-order valence-electron chi connectivity index (χ1n) is 9.03. The van der Waals surface area contributed by atoms with Gasteiger partial charge < -0.3 is 9.64 Å². The fourth-order valence-corrected chi connectivity index (χ4v) is 3.35. The zero-order chi connectivity index (χ0) is 16.9. The van der Waals surface area contributed by atoms with Crippen LogP contribution in [0, 0.1) is 13.8 Å². The van der Waals surface area contributed by atoms with E-state index in [0.29, 0.717) is 6.10 Å². The summed E-state index contributed by atoms with van der Waals surface area (Å²) >= 11 is 0. The number of hydrogen-bond donors (Lipinski definition) is 1. The standard InChI is InChI=1S/C20H29N3O/c1-15-7-8-17(12-16(15)2)20-18(13-21-22-20)14-23(3)10-9-19-6-4-5-11-24-19/h7-8,12-13,19H,4-6,9-11,14H2,1-3H3,(H,21,22)/t19-/m1/s1. The molecule has 0 bridgehead atoms. The maximum absolute atomic E-state index is 5.84. The molecule has 2 heterocycles. The quantitative estimate of drug-likeness (QED) is 0.869. The molecule has 0 unspecified atom stereocenters. The molecular weight excluding hydrogens is 298 g/mol. The third-order valence-electron chi connectivity index (χ3n) is 5.06. The second-order valence-electron chi connectivity index (χ2n) is 7.08. The molecule has 130 valence electrons. The van der Waals surface area contributed by atoms with Crippen molar-refractivity contribution in [2.75, 3.05) is 20.2 Å². The van der Waals surface area contributed by atoms with Gasteiger partial charge in [-0.1, -0.05) is 12.1 Å². The molecule has 24 heavy (non-hydrogen) atoms. The average Bonchev–Trinajstić information content (AvgIpc) is 3.04. The van der Waals surface area contributed by atoms with Crippen LogP contribution in [0.2, 0.25) is 0 Å². The summed E-state index contributed by atoms with van der Waals surface area (Å²) in [5, 5.41) is 7.46. The minimum Gasteiger partial charge on any atom is -0.378 e. The van der Waals surface area contributed by atoms with Crippen molar-refractivity contribution >= 4 is 0 Å². The maximum Gasteiger partial charge on any atom is 0.0695 e. The second kappa shape index (κ2) is 7.95. The number of aromatic amines is 1. The van der Waals surface area contributed by atoms with E-state index in [1.807, 2.05) is 6.20 Å². The van der Waals surface area contributed by atoms with Crippen LogP contribution in [0.3, 0.4) is 0 Å². The lowest BCUT2D eigenvalue weighted by Crippen LogP contribution is -2.26. The summed E-state index contributed by atoms with van der Waals surface area (Å²) in [6.45, 7) is 7.21. The Kier molecular flexibility index (Phi) is 5.69. The number of nitrogens with zero attached hydrogens (tertiary/aromatic N) is 2. The number of benzene rings is 1. The van der Waals surface area contributed by atoms with Gasteiger partial charge in [-0.3, -0.25) is 5.10 Å². The molecule has 1 aliphatic rings. The molecule has 0 aliphatic carbocycles. The van der Waals surface area contributed by atoms with Crippen LogP contribution in [0.1, 0.15) is 42.4 Å². The summed E-state index contributed by atoms with van der Waals surface area (Å²) in [5.41, 5.74) is 6.25. The van der Waals surface area contributed by atoms with Gasteiger partial charge in [-0.25, -0.2) is 0 Å². The van der Waals surface area contributed by atoms with Gasteiger partial charge >= 0.3 is 0 Å². The molecule has 1 fully saturated rings. The first-order valence-corrected chi connectivity index (χ1v) is 9.03. The van der Waals surface area contributed by atoms with E-state index in [9.17, 15) is 0 Å². The van der Waals surface area contributed by atoms with E-state index in [0.717, 1.165) is 31.8 Å². The lowest BCUT2D eigenvalue weighted by molar-refractivity contribution is 0.00641. The van der Waals surface area contributed by atoms with Crippen LogP contribution in [0.25, 0.3) is 11.3 Å². The van der Waals surface area contributed by atoms with Gasteiger partial charge in [0, 0.05) is 30.8 Å². The number of aromatic nitrogens is 2. The van der Waals surface area contributed by atoms with E-state index >= 15 is 0 Å². The zero-order valence-electron chi connectivity index (χ0n) is 15.1. The molecule has 1 N–H and O–H groups in total. The van der Waals surface area contributed by atoms with Crippen LogP contribution in [-0.4, -0.2) is 41.4 Å². The van der Waals surface area contributed by atoms with Crippen molar-refractivity contribution in [3.8, 4) is 11.3 Å². The number of hydrogen-bond acceptors (Lipinski definition) is 3. The van der Waals surface area contributed by atoms with Crippen LogP contribution < -0.4 is 0 Å². The first kappa shape index (κ1) is 17.2.